The maximum atomic E-state index is 13.9. The summed E-state index contributed by atoms with van der Waals surface area (Å²) in [6.07, 6.45) is 2.90. The largest absolute Gasteiger partial charge is 0.383 e. The summed E-state index contributed by atoms with van der Waals surface area (Å²) in [5.74, 6) is -0.350. The smallest absolute Gasteiger partial charge is 0.325 e. The number of hydrogen-bond donors (Lipinski definition) is 1. The number of methoxy groups -OCH3 is 1. The van der Waals surface area contributed by atoms with Crippen LogP contribution in [-0.2, 0) is 20.7 Å². The average molecular weight is 448 g/mol. The predicted octanol–water partition coefficient (Wildman–Crippen LogP) is 2.98. The number of ether oxygens (including phenoxy) is 1. The van der Waals surface area contributed by atoms with Gasteiger partial charge in [-0.1, -0.05) is 32.4 Å². The summed E-state index contributed by atoms with van der Waals surface area (Å²) in [4.78, 5) is 42.0. The van der Waals surface area contributed by atoms with Gasteiger partial charge in [-0.15, -0.1) is 0 Å². The molecule has 1 aromatic carbocycles. The second-order valence-electron chi connectivity index (χ2n) is 9.03. The highest BCUT2D eigenvalue weighted by molar-refractivity contribution is 6.07. The minimum atomic E-state index is -1.15. The van der Waals surface area contributed by atoms with Gasteiger partial charge in [0.15, 0.2) is 0 Å². The van der Waals surface area contributed by atoms with Crippen LogP contribution in [0.5, 0.6) is 0 Å². The zero-order chi connectivity index (χ0) is 23.3. The summed E-state index contributed by atoms with van der Waals surface area (Å²) in [6.45, 7) is 5.65. The highest BCUT2D eigenvalue weighted by atomic mass is 19.1. The maximum absolute atomic E-state index is 13.9. The lowest BCUT2D eigenvalue weighted by Crippen LogP contribution is -2.58. The number of piperidine rings is 1. The van der Waals surface area contributed by atoms with Gasteiger partial charge in [0.25, 0.3) is 5.91 Å². The minimum Gasteiger partial charge on any atom is -0.383 e. The number of likely N-dealkylation sites (tertiary alicyclic amines) is 1. The Balaban J connectivity index is 1.81. The number of urea groups is 1. The van der Waals surface area contributed by atoms with Crippen molar-refractivity contribution >= 4 is 17.8 Å². The number of imide groups is 1. The molecule has 2 saturated heterocycles. The van der Waals surface area contributed by atoms with Crippen molar-refractivity contribution in [2.45, 2.75) is 51.5 Å². The Labute approximate surface area is 189 Å². The molecular weight excluding hydrogens is 413 g/mol. The topological polar surface area (TPSA) is 79.0 Å². The van der Waals surface area contributed by atoms with Gasteiger partial charge in [-0.2, -0.15) is 0 Å². The first-order valence-corrected chi connectivity index (χ1v) is 11.5. The molecule has 2 aliphatic rings. The van der Waals surface area contributed by atoms with E-state index in [-0.39, 0.29) is 43.1 Å². The Bertz CT molecular complexity index is 840. The Hall–Kier alpha value is -2.48. The molecule has 7 nitrogen and oxygen atoms in total. The van der Waals surface area contributed by atoms with Crippen molar-refractivity contribution in [2.75, 3.05) is 33.4 Å². The Morgan fingerprint density at radius 3 is 2.66 bits per heavy atom. The summed E-state index contributed by atoms with van der Waals surface area (Å²) < 4.78 is 18.9. The van der Waals surface area contributed by atoms with Crippen molar-refractivity contribution in [3.05, 3.63) is 35.6 Å². The van der Waals surface area contributed by atoms with Crippen molar-refractivity contribution in [3.63, 3.8) is 0 Å². The van der Waals surface area contributed by atoms with Gasteiger partial charge in [-0.3, -0.25) is 14.5 Å². The van der Waals surface area contributed by atoms with Crippen LogP contribution in [0.25, 0.3) is 0 Å². The van der Waals surface area contributed by atoms with Gasteiger partial charge in [0.2, 0.25) is 5.91 Å². The van der Waals surface area contributed by atoms with E-state index in [4.69, 9.17) is 4.74 Å². The zero-order valence-corrected chi connectivity index (χ0v) is 19.2. The third-order valence-corrected chi connectivity index (χ3v) is 6.86. The fourth-order valence-corrected chi connectivity index (χ4v) is 4.73. The van der Waals surface area contributed by atoms with E-state index < -0.39 is 11.6 Å². The van der Waals surface area contributed by atoms with Crippen LogP contribution in [0.4, 0.5) is 9.18 Å². The number of benzene rings is 1. The summed E-state index contributed by atoms with van der Waals surface area (Å²) >= 11 is 0. The monoisotopic (exact) mass is 447 g/mol. The molecule has 1 N–H and O–H groups in total. The van der Waals surface area contributed by atoms with Crippen LogP contribution in [0.15, 0.2) is 24.3 Å². The average Bonchev–Trinajstić information content (AvgIpc) is 3.02. The minimum absolute atomic E-state index is 0.139. The van der Waals surface area contributed by atoms with Crippen LogP contribution in [0.1, 0.15) is 45.1 Å². The van der Waals surface area contributed by atoms with Crippen LogP contribution in [0, 0.1) is 17.7 Å². The van der Waals surface area contributed by atoms with Crippen molar-refractivity contribution in [2.24, 2.45) is 11.8 Å². The second kappa shape index (κ2) is 10.4. The molecule has 2 aliphatic heterocycles. The van der Waals surface area contributed by atoms with Crippen LogP contribution in [0.3, 0.4) is 0 Å². The van der Waals surface area contributed by atoms with E-state index in [1.165, 1.54) is 24.1 Å². The first-order valence-electron chi connectivity index (χ1n) is 11.5. The molecule has 0 unspecified atom stereocenters. The molecule has 0 radical (unpaired) electrons. The number of carbonyl (C=O) groups is 3. The predicted molar refractivity (Wildman–Crippen MR) is 118 cm³/mol. The van der Waals surface area contributed by atoms with Gasteiger partial charge in [0.05, 0.1) is 13.2 Å². The van der Waals surface area contributed by atoms with Crippen molar-refractivity contribution in [1.82, 2.24) is 15.1 Å². The molecule has 3 rings (SSSR count). The number of nitrogens with zero attached hydrogens (tertiary/aromatic N) is 2. The van der Waals surface area contributed by atoms with E-state index in [9.17, 15) is 18.8 Å². The molecule has 0 aromatic heterocycles. The molecule has 0 saturated carbocycles. The lowest BCUT2D eigenvalue weighted by molar-refractivity contribution is -0.136. The van der Waals surface area contributed by atoms with Gasteiger partial charge in [-0.25, -0.2) is 9.18 Å². The second-order valence-corrected chi connectivity index (χ2v) is 9.03. The Kier molecular flexibility index (Phi) is 7.87. The Morgan fingerprint density at radius 1 is 1.31 bits per heavy atom. The molecule has 0 spiro atoms. The highest BCUT2D eigenvalue weighted by Crippen LogP contribution is 2.37. The molecule has 0 aliphatic carbocycles. The first kappa shape index (κ1) is 24.2. The van der Waals surface area contributed by atoms with Crippen LogP contribution in [-0.4, -0.2) is 66.5 Å². The molecule has 4 amide bonds. The molecule has 0 bridgehead atoms. The highest BCUT2D eigenvalue weighted by Gasteiger charge is 2.55. The van der Waals surface area contributed by atoms with Gasteiger partial charge >= 0.3 is 6.03 Å². The number of rotatable bonds is 9. The third kappa shape index (κ3) is 5.11. The van der Waals surface area contributed by atoms with E-state index in [2.05, 4.69) is 19.2 Å². The van der Waals surface area contributed by atoms with E-state index in [1.54, 1.807) is 12.1 Å². The van der Waals surface area contributed by atoms with Gasteiger partial charge in [0, 0.05) is 33.0 Å². The molecular formula is C24H34FN3O4. The summed E-state index contributed by atoms with van der Waals surface area (Å²) in [6, 6.07) is 5.70. The molecule has 2 atom stereocenters. The summed E-state index contributed by atoms with van der Waals surface area (Å²) in [5, 5.41) is 2.96. The number of carbonyl (C=O) groups excluding carboxylic acids is 3. The van der Waals surface area contributed by atoms with Gasteiger partial charge < -0.3 is 15.0 Å². The van der Waals surface area contributed by atoms with E-state index in [0.29, 0.717) is 43.8 Å². The van der Waals surface area contributed by atoms with Crippen LogP contribution >= 0.6 is 0 Å². The summed E-state index contributed by atoms with van der Waals surface area (Å²) in [7, 11) is 1.52. The SMILES string of the molecule is CC[C@H](C)CC(=O)N1CCC([C@]2(Cc3cccc(F)c3)NC(=O)N(CCOC)C2=O)CC1. The standard InChI is InChI=1S/C24H34FN3O4/c1-4-17(2)14-21(29)27-10-8-19(9-11-27)24(16-18-6-5-7-20(25)15-18)22(30)28(12-13-32-3)23(31)26-24/h5-7,15,17,19H,4,8-14,16H2,1-3H3,(H,26,31)/t17-,24-/m0/s1. The van der Waals surface area contributed by atoms with Crippen LogP contribution in [0.2, 0.25) is 0 Å². The number of nitrogens with one attached hydrogen (secondary N) is 1. The quantitative estimate of drug-likeness (QED) is 0.591. The van der Waals surface area contributed by atoms with E-state index in [0.717, 1.165) is 6.42 Å². The molecule has 2 fully saturated rings. The van der Waals surface area contributed by atoms with E-state index >= 15 is 0 Å². The first-order chi connectivity index (χ1) is 15.3. The molecule has 32 heavy (non-hydrogen) atoms. The van der Waals surface area contributed by atoms with E-state index in [1.807, 2.05) is 4.90 Å². The van der Waals surface area contributed by atoms with Gasteiger partial charge in [0.1, 0.15) is 11.4 Å². The normalized spacial score (nSPS) is 22.9. The Morgan fingerprint density at radius 2 is 2.03 bits per heavy atom. The molecule has 8 heteroatoms. The lowest BCUT2D eigenvalue weighted by Gasteiger charge is -2.41. The van der Waals surface area contributed by atoms with Gasteiger partial charge in [-0.05, 0) is 42.4 Å². The fraction of sp³-hybridized carbons (Fsp3) is 0.625. The van der Waals surface area contributed by atoms with Crippen molar-refractivity contribution < 1.29 is 23.5 Å². The summed E-state index contributed by atoms with van der Waals surface area (Å²) in [5.41, 5.74) is -0.493. The number of hydrogen-bond acceptors (Lipinski definition) is 4. The maximum Gasteiger partial charge on any atom is 0.325 e. The fourth-order valence-electron chi connectivity index (χ4n) is 4.73. The lowest BCUT2D eigenvalue weighted by atomic mass is 9.73. The number of halogens is 1. The molecule has 2 heterocycles. The molecule has 1 aromatic rings. The number of amides is 4. The zero-order valence-electron chi connectivity index (χ0n) is 19.2. The third-order valence-electron chi connectivity index (χ3n) is 6.86. The van der Waals surface area contributed by atoms with Crippen LogP contribution < -0.4 is 5.32 Å². The molecule has 176 valence electrons. The van der Waals surface area contributed by atoms with Crippen molar-refractivity contribution in [3.8, 4) is 0 Å². The van der Waals surface area contributed by atoms with Crippen molar-refractivity contribution in [1.29, 1.82) is 0 Å².